The molecule has 0 aromatic rings. The van der Waals surface area contributed by atoms with Crippen molar-refractivity contribution in [3.63, 3.8) is 0 Å². The van der Waals surface area contributed by atoms with E-state index in [-0.39, 0.29) is 24.3 Å². The molecule has 0 aliphatic carbocycles. The highest BCUT2D eigenvalue weighted by Crippen LogP contribution is 2.30. The van der Waals surface area contributed by atoms with Crippen LogP contribution in [0.1, 0.15) is 26.7 Å². The number of carbonyl (C=O) groups excluding carboxylic acids is 1. The normalized spacial score (nSPS) is 32.2. The summed E-state index contributed by atoms with van der Waals surface area (Å²) in [6.45, 7) is 3.94. The topological polar surface area (TPSA) is 70.0 Å². The van der Waals surface area contributed by atoms with Crippen LogP contribution in [-0.2, 0) is 4.74 Å². The van der Waals surface area contributed by atoms with Crippen molar-refractivity contribution < 1.29 is 19.7 Å². The minimum absolute atomic E-state index is 0.112. The Morgan fingerprint density at radius 1 is 1.63 bits per heavy atom. The van der Waals surface area contributed by atoms with E-state index in [9.17, 15) is 15.0 Å². The Balaban J connectivity index is 2.02. The maximum atomic E-state index is 11.7. The molecule has 19 heavy (non-hydrogen) atoms. The highest BCUT2D eigenvalue weighted by atomic mass is 16.6. The Kier molecular flexibility index (Phi) is 4.27. The Morgan fingerprint density at radius 2 is 2.37 bits per heavy atom. The van der Waals surface area contributed by atoms with Gasteiger partial charge in [-0.15, -0.1) is 0 Å². The lowest BCUT2D eigenvalue weighted by molar-refractivity contribution is 0.126. The summed E-state index contributed by atoms with van der Waals surface area (Å²) >= 11 is 0. The second-order valence-corrected chi connectivity index (χ2v) is 5.28. The van der Waals surface area contributed by atoms with Gasteiger partial charge in [0.05, 0.1) is 24.8 Å². The number of aliphatic hydroxyl groups excluding tert-OH is 2. The fourth-order valence-corrected chi connectivity index (χ4v) is 2.60. The van der Waals surface area contributed by atoms with E-state index in [1.54, 1.807) is 17.9 Å². The van der Waals surface area contributed by atoms with Crippen molar-refractivity contribution in [3.05, 3.63) is 23.8 Å². The standard InChI is InChI=1S/C14H21NO4/c1-9-7-11(17)8-15-13(9)12(19-14(15)18)6-4-3-5-10(2)16/h4,6-7,10-13,16-17H,3,5,8H2,1-2H3/b6-4+/t10-,11-,12-,13+/m1/s1. The third kappa shape index (κ3) is 3.16. The first-order chi connectivity index (χ1) is 8.99. The van der Waals surface area contributed by atoms with E-state index in [0.717, 1.165) is 12.0 Å². The number of allylic oxidation sites excluding steroid dienone is 1. The van der Waals surface area contributed by atoms with Crippen molar-refractivity contribution in [2.24, 2.45) is 0 Å². The molecule has 0 bridgehead atoms. The zero-order chi connectivity index (χ0) is 14.0. The monoisotopic (exact) mass is 267 g/mol. The third-order valence-corrected chi connectivity index (χ3v) is 3.50. The number of nitrogens with zero attached hydrogens (tertiary/aromatic N) is 1. The largest absolute Gasteiger partial charge is 0.439 e. The Hall–Kier alpha value is -1.33. The van der Waals surface area contributed by atoms with Crippen LogP contribution in [0.25, 0.3) is 0 Å². The van der Waals surface area contributed by atoms with E-state index in [2.05, 4.69) is 0 Å². The highest BCUT2D eigenvalue weighted by Gasteiger charge is 2.43. The first kappa shape index (κ1) is 14.1. The van der Waals surface area contributed by atoms with Gasteiger partial charge in [-0.2, -0.15) is 0 Å². The number of cyclic esters (lactones) is 1. The van der Waals surface area contributed by atoms with Crippen molar-refractivity contribution in [3.8, 4) is 0 Å². The van der Waals surface area contributed by atoms with E-state index in [1.165, 1.54) is 0 Å². The van der Waals surface area contributed by atoms with Crippen LogP contribution in [0.15, 0.2) is 23.8 Å². The van der Waals surface area contributed by atoms with Crippen molar-refractivity contribution in [2.45, 2.75) is 51.0 Å². The number of rotatable bonds is 4. The fraction of sp³-hybridized carbons (Fsp3) is 0.643. The first-order valence-electron chi connectivity index (χ1n) is 6.67. The summed E-state index contributed by atoms with van der Waals surface area (Å²) < 4.78 is 5.32. The smallest absolute Gasteiger partial charge is 0.411 e. The fourth-order valence-electron chi connectivity index (χ4n) is 2.60. The Bertz CT molecular complexity index is 402. The van der Waals surface area contributed by atoms with Crippen LogP contribution < -0.4 is 0 Å². The number of carbonyl (C=O) groups is 1. The van der Waals surface area contributed by atoms with Gasteiger partial charge in [-0.05, 0) is 38.3 Å². The van der Waals surface area contributed by atoms with E-state index in [0.29, 0.717) is 13.0 Å². The van der Waals surface area contributed by atoms with Crippen LogP contribution in [0.4, 0.5) is 4.79 Å². The van der Waals surface area contributed by atoms with Gasteiger partial charge in [-0.25, -0.2) is 4.79 Å². The van der Waals surface area contributed by atoms with Gasteiger partial charge in [0, 0.05) is 0 Å². The molecule has 0 aromatic carbocycles. The van der Waals surface area contributed by atoms with Crippen molar-refractivity contribution >= 4 is 6.09 Å². The lowest BCUT2D eigenvalue weighted by Gasteiger charge is -2.30. The number of ether oxygens (including phenoxy) is 1. The number of hydrogen-bond donors (Lipinski definition) is 2. The Morgan fingerprint density at radius 3 is 3.05 bits per heavy atom. The lowest BCUT2D eigenvalue weighted by Crippen LogP contribution is -2.45. The summed E-state index contributed by atoms with van der Waals surface area (Å²) in [4.78, 5) is 13.3. The minimum atomic E-state index is -0.609. The number of amides is 1. The molecule has 106 valence electrons. The van der Waals surface area contributed by atoms with Gasteiger partial charge >= 0.3 is 6.09 Å². The molecule has 2 aliphatic heterocycles. The molecular weight excluding hydrogens is 246 g/mol. The lowest BCUT2D eigenvalue weighted by atomic mass is 9.96. The second kappa shape index (κ2) is 5.75. The molecule has 0 aromatic heterocycles. The molecule has 2 heterocycles. The van der Waals surface area contributed by atoms with Crippen LogP contribution in [0, 0.1) is 0 Å². The maximum Gasteiger partial charge on any atom is 0.411 e. The molecule has 2 N–H and O–H groups in total. The van der Waals surface area contributed by atoms with Crippen LogP contribution in [0.3, 0.4) is 0 Å². The van der Waals surface area contributed by atoms with Gasteiger partial charge in [0.15, 0.2) is 0 Å². The molecule has 5 heteroatoms. The predicted molar refractivity (Wildman–Crippen MR) is 70.6 cm³/mol. The van der Waals surface area contributed by atoms with Gasteiger partial charge in [-0.1, -0.05) is 12.2 Å². The summed E-state index contributed by atoms with van der Waals surface area (Å²) in [5.74, 6) is 0. The van der Waals surface area contributed by atoms with Crippen LogP contribution >= 0.6 is 0 Å². The molecule has 0 saturated carbocycles. The van der Waals surface area contributed by atoms with Crippen molar-refractivity contribution in [1.82, 2.24) is 4.90 Å². The molecule has 2 aliphatic rings. The van der Waals surface area contributed by atoms with E-state index < -0.39 is 6.10 Å². The molecule has 4 atom stereocenters. The molecule has 2 rings (SSSR count). The van der Waals surface area contributed by atoms with Crippen molar-refractivity contribution in [2.75, 3.05) is 6.54 Å². The van der Waals surface area contributed by atoms with Gasteiger partial charge in [0.2, 0.25) is 0 Å². The molecule has 0 unspecified atom stereocenters. The molecule has 1 amide bonds. The summed E-state index contributed by atoms with van der Waals surface area (Å²) in [7, 11) is 0. The molecule has 5 nitrogen and oxygen atoms in total. The number of aliphatic hydroxyl groups is 2. The van der Waals surface area contributed by atoms with E-state index >= 15 is 0 Å². The second-order valence-electron chi connectivity index (χ2n) is 5.28. The van der Waals surface area contributed by atoms with Crippen molar-refractivity contribution in [1.29, 1.82) is 0 Å². The minimum Gasteiger partial charge on any atom is -0.439 e. The molecule has 0 radical (unpaired) electrons. The third-order valence-electron chi connectivity index (χ3n) is 3.50. The van der Waals surface area contributed by atoms with E-state index in [1.807, 2.05) is 19.1 Å². The van der Waals surface area contributed by atoms with Gasteiger partial charge in [0.1, 0.15) is 6.10 Å². The Labute approximate surface area is 113 Å². The molecular formula is C14H21NO4. The van der Waals surface area contributed by atoms with Crippen LogP contribution in [0.2, 0.25) is 0 Å². The molecule has 1 fully saturated rings. The highest BCUT2D eigenvalue weighted by molar-refractivity contribution is 5.72. The average Bonchev–Trinajstić information content (AvgIpc) is 2.62. The predicted octanol–water partition coefficient (Wildman–Crippen LogP) is 1.21. The quantitative estimate of drug-likeness (QED) is 0.751. The zero-order valence-corrected chi connectivity index (χ0v) is 11.3. The van der Waals surface area contributed by atoms with E-state index in [4.69, 9.17) is 4.74 Å². The SMILES string of the molecule is CC1=C[C@@H](O)CN2C(=O)O[C@H](/C=C/CC[C@@H](C)O)[C@H]12. The first-order valence-corrected chi connectivity index (χ1v) is 6.67. The number of hydrogen-bond acceptors (Lipinski definition) is 4. The van der Waals surface area contributed by atoms with Gasteiger partial charge < -0.3 is 14.9 Å². The molecule has 1 saturated heterocycles. The maximum absolute atomic E-state index is 11.7. The van der Waals surface area contributed by atoms with Crippen LogP contribution in [-0.4, -0.2) is 52.1 Å². The summed E-state index contributed by atoms with van der Waals surface area (Å²) in [6, 6.07) is -0.112. The molecule has 0 spiro atoms. The summed E-state index contributed by atoms with van der Waals surface area (Å²) in [5, 5.41) is 18.8. The number of fused-ring (bicyclic) bond motifs is 1. The van der Waals surface area contributed by atoms with Gasteiger partial charge in [0.25, 0.3) is 0 Å². The van der Waals surface area contributed by atoms with Crippen LogP contribution in [0.5, 0.6) is 0 Å². The zero-order valence-electron chi connectivity index (χ0n) is 11.3. The summed E-state index contributed by atoms with van der Waals surface area (Å²) in [6.07, 6.45) is 5.43. The van der Waals surface area contributed by atoms with Gasteiger partial charge in [-0.3, -0.25) is 4.90 Å². The average molecular weight is 267 g/mol. The summed E-state index contributed by atoms with van der Waals surface area (Å²) in [5.41, 5.74) is 0.953.